The molecule has 4 heteroatoms. The minimum atomic E-state index is -0.0633. The molecule has 2 aliphatic rings. The van der Waals surface area contributed by atoms with Crippen LogP contribution in [0.4, 0.5) is 0 Å². The van der Waals surface area contributed by atoms with E-state index in [4.69, 9.17) is 5.73 Å². The molecule has 1 saturated heterocycles. The molecule has 0 aromatic rings. The molecule has 0 aromatic carbocycles. The number of hydrogen-bond acceptors (Lipinski definition) is 3. The Morgan fingerprint density at radius 1 is 1.30 bits per heavy atom. The van der Waals surface area contributed by atoms with Crippen LogP contribution in [0.1, 0.15) is 52.9 Å². The molecule has 20 heavy (non-hydrogen) atoms. The highest BCUT2D eigenvalue weighted by atomic mass is 16.3. The van der Waals surface area contributed by atoms with Crippen LogP contribution in [0.2, 0.25) is 0 Å². The Kier molecular flexibility index (Phi) is 4.75. The Bertz CT molecular complexity index is 356. The van der Waals surface area contributed by atoms with Crippen LogP contribution < -0.4 is 5.73 Å². The molecule has 3 N–H and O–H groups in total. The first-order valence-electron chi connectivity index (χ1n) is 8.06. The van der Waals surface area contributed by atoms with Crippen LogP contribution in [0, 0.1) is 17.3 Å². The fraction of sp³-hybridized carbons (Fsp3) is 0.938. The van der Waals surface area contributed by atoms with E-state index in [0.29, 0.717) is 5.92 Å². The Morgan fingerprint density at radius 2 is 2.00 bits per heavy atom. The number of piperidine rings is 1. The summed E-state index contributed by atoms with van der Waals surface area (Å²) in [4.78, 5) is 14.9. The first-order chi connectivity index (χ1) is 9.39. The summed E-state index contributed by atoms with van der Waals surface area (Å²) < 4.78 is 0. The van der Waals surface area contributed by atoms with Gasteiger partial charge in [-0.3, -0.25) is 4.79 Å². The van der Waals surface area contributed by atoms with Gasteiger partial charge in [0.2, 0.25) is 5.91 Å². The molecule has 4 atom stereocenters. The van der Waals surface area contributed by atoms with Crippen LogP contribution in [-0.4, -0.2) is 41.1 Å². The quantitative estimate of drug-likeness (QED) is 0.811. The Balaban J connectivity index is 2.15. The van der Waals surface area contributed by atoms with Gasteiger partial charge < -0.3 is 15.7 Å². The smallest absolute Gasteiger partial charge is 0.226 e. The van der Waals surface area contributed by atoms with Crippen molar-refractivity contribution in [3.05, 3.63) is 0 Å². The van der Waals surface area contributed by atoms with Crippen LogP contribution in [-0.2, 0) is 4.79 Å². The molecule has 0 aromatic heterocycles. The van der Waals surface area contributed by atoms with Gasteiger partial charge in [-0.1, -0.05) is 20.8 Å². The maximum absolute atomic E-state index is 13.0. The number of nitrogens with two attached hydrogens (primary N) is 1. The summed E-state index contributed by atoms with van der Waals surface area (Å²) in [6.45, 7) is 7.42. The van der Waals surface area contributed by atoms with E-state index in [-0.39, 0.29) is 35.9 Å². The van der Waals surface area contributed by atoms with Gasteiger partial charge >= 0.3 is 0 Å². The van der Waals surface area contributed by atoms with Crippen molar-refractivity contribution in [2.75, 3.05) is 13.2 Å². The third-order valence-corrected chi connectivity index (χ3v) is 5.92. The van der Waals surface area contributed by atoms with E-state index >= 15 is 0 Å². The molecular formula is C16H30N2O2. The van der Waals surface area contributed by atoms with Gasteiger partial charge in [-0.05, 0) is 43.4 Å². The topological polar surface area (TPSA) is 66.6 Å². The number of carbonyl (C=O) groups excluding carboxylic acids is 1. The maximum atomic E-state index is 13.0. The molecule has 2 fully saturated rings. The molecule has 1 aliphatic carbocycles. The fourth-order valence-corrected chi connectivity index (χ4v) is 3.97. The Morgan fingerprint density at radius 3 is 2.65 bits per heavy atom. The second-order valence-corrected chi connectivity index (χ2v) is 7.27. The lowest BCUT2D eigenvalue weighted by Gasteiger charge is -2.48. The molecule has 0 spiro atoms. The second kappa shape index (κ2) is 6.02. The molecular weight excluding hydrogens is 252 g/mol. The van der Waals surface area contributed by atoms with E-state index in [0.717, 1.165) is 38.6 Å². The number of amides is 1. The van der Waals surface area contributed by atoms with Crippen molar-refractivity contribution in [3.63, 3.8) is 0 Å². The summed E-state index contributed by atoms with van der Waals surface area (Å²) in [5, 5.41) is 9.52. The highest BCUT2D eigenvalue weighted by Crippen LogP contribution is 2.45. The third-order valence-electron chi connectivity index (χ3n) is 5.92. The van der Waals surface area contributed by atoms with Gasteiger partial charge in [0.05, 0.1) is 12.6 Å². The van der Waals surface area contributed by atoms with E-state index in [1.807, 2.05) is 4.90 Å². The maximum Gasteiger partial charge on any atom is 0.226 e. The highest BCUT2D eigenvalue weighted by molar-refractivity contribution is 5.80. The average Bonchev–Trinajstić information content (AvgIpc) is 2.44. The summed E-state index contributed by atoms with van der Waals surface area (Å²) in [5.41, 5.74) is 6.12. The predicted molar refractivity (Wildman–Crippen MR) is 80.1 cm³/mol. The minimum Gasteiger partial charge on any atom is -0.394 e. The number of nitrogens with zero attached hydrogens (tertiary/aromatic N) is 1. The number of hydrogen-bond donors (Lipinski definition) is 2. The summed E-state index contributed by atoms with van der Waals surface area (Å²) in [6.07, 6.45) is 4.92. The lowest BCUT2D eigenvalue weighted by Crippen LogP contribution is -2.55. The highest BCUT2D eigenvalue weighted by Gasteiger charge is 2.47. The summed E-state index contributed by atoms with van der Waals surface area (Å²) in [6, 6.07) is 0.224. The standard InChI is InChI=1S/C16H30N2O2/c1-11-14(17)8-7-13(16(11,2)3)15(20)18-9-5-4-6-12(18)10-19/h11-14,19H,4-10,17H2,1-3H3. The number of carbonyl (C=O) groups is 1. The lowest BCUT2D eigenvalue weighted by atomic mass is 9.60. The van der Waals surface area contributed by atoms with E-state index in [1.165, 1.54) is 0 Å². The number of likely N-dealkylation sites (tertiary alicyclic amines) is 1. The molecule has 1 heterocycles. The number of rotatable bonds is 2. The van der Waals surface area contributed by atoms with Gasteiger partial charge in [-0.15, -0.1) is 0 Å². The monoisotopic (exact) mass is 282 g/mol. The first-order valence-corrected chi connectivity index (χ1v) is 8.06. The first kappa shape index (κ1) is 15.8. The molecule has 2 rings (SSSR count). The second-order valence-electron chi connectivity index (χ2n) is 7.27. The molecule has 1 saturated carbocycles. The van der Waals surface area contributed by atoms with E-state index < -0.39 is 0 Å². The van der Waals surface area contributed by atoms with E-state index in [1.54, 1.807) is 0 Å². The normalized spacial score (nSPS) is 37.8. The summed E-state index contributed by atoms with van der Waals surface area (Å²) in [7, 11) is 0. The van der Waals surface area contributed by atoms with Gasteiger partial charge in [0.25, 0.3) is 0 Å². The van der Waals surface area contributed by atoms with Gasteiger partial charge in [0, 0.05) is 18.5 Å². The van der Waals surface area contributed by atoms with Crippen LogP contribution in [0.25, 0.3) is 0 Å². The molecule has 116 valence electrons. The van der Waals surface area contributed by atoms with Crippen molar-refractivity contribution in [2.45, 2.75) is 65.0 Å². The molecule has 1 aliphatic heterocycles. The molecule has 4 nitrogen and oxygen atoms in total. The largest absolute Gasteiger partial charge is 0.394 e. The predicted octanol–water partition coefficient (Wildman–Crippen LogP) is 1.76. The zero-order valence-corrected chi connectivity index (χ0v) is 13.1. The molecule has 4 unspecified atom stereocenters. The SMILES string of the molecule is CC1C(N)CCC(C(=O)N2CCCCC2CO)C1(C)C. The van der Waals surface area contributed by atoms with Crippen LogP contribution in [0.5, 0.6) is 0 Å². The summed E-state index contributed by atoms with van der Waals surface area (Å²) >= 11 is 0. The van der Waals surface area contributed by atoms with E-state index in [2.05, 4.69) is 20.8 Å². The summed E-state index contributed by atoms with van der Waals surface area (Å²) in [5.74, 6) is 0.638. The van der Waals surface area contributed by atoms with Crippen LogP contribution >= 0.6 is 0 Å². The van der Waals surface area contributed by atoms with Crippen molar-refractivity contribution >= 4 is 5.91 Å². The lowest BCUT2D eigenvalue weighted by molar-refractivity contribution is -0.148. The Labute approximate surface area is 122 Å². The molecule has 1 amide bonds. The van der Waals surface area contributed by atoms with Crippen LogP contribution in [0.15, 0.2) is 0 Å². The number of aliphatic hydroxyl groups is 1. The number of aliphatic hydroxyl groups excluding tert-OH is 1. The van der Waals surface area contributed by atoms with Gasteiger partial charge in [-0.2, -0.15) is 0 Å². The van der Waals surface area contributed by atoms with Crippen molar-refractivity contribution in [2.24, 2.45) is 23.0 Å². The zero-order valence-electron chi connectivity index (χ0n) is 13.1. The molecule has 0 bridgehead atoms. The van der Waals surface area contributed by atoms with Gasteiger partial charge in [0.15, 0.2) is 0 Å². The van der Waals surface area contributed by atoms with E-state index in [9.17, 15) is 9.90 Å². The Hall–Kier alpha value is -0.610. The van der Waals surface area contributed by atoms with Crippen molar-refractivity contribution in [1.29, 1.82) is 0 Å². The minimum absolute atomic E-state index is 0.0259. The van der Waals surface area contributed by atoms with Crippen molar-refractivity contribution in [1.82, 2.24) is 4.90 Å². The van der Waals surface area contributed by atoms with Gasteiger partial charge in [-0.25, -0.2) is 0 Å². The van der Waals surface area contributed by atoms with Crippen molar-refractivity contribution in [3.8, 4) is 0 Å². The van der Waals surface area contributed by atoms with Gasteiger partial charge in [0.1, 0.15) is 0 Å². The third kappa shape index (κ3) is 2.73. The fourth-order valence-electron chi connectivity index (χ4n) is 3.97. The molecule has 0 radical (unpaired) electrons. The zero-order chi connectivity index (χ0) is 14.9. The average molecular weight is 282 g/mol. The van der Waals surface area contributed by atoms with Crippen molar-refractivity contribution < 1.29 is 9.90 Å². The van der Waals surface area contributed by atoms with Crippen LogP contribution in [0.3, 0.4) is 0 Å².